The van der Waals surface area contributed by atoms with Gasteiger partial charge in [0.25, 0.3) is 0 Å². The van der Waals surface area contributed by atoms with Gasteiger partial charge in [0.05, 0.1) is 12.7 Å². The van der Waals surface area contributed by atoms with Gasteiger partial charge in [0, 0.05) is 32.3 Å². The highest BCUT2D eigenvalue weighted by Gasteiger charge is 2.19. The minimum absolute atomic E-state index is 0.154. The van der Waals surface area contributed by atoms with E-state index >= 15 is 0 Å². The second kappa shape index (κ2) is 7.94. The summed E-state index contributed by atoms with van der Waals surface area (Å²) in [4.78, 5) is 22.4. The lowest BCUT2D eigenvalue weighted by atomic mass is 9.97. The van der Waals surface area contributed by atoms with E-state index in [-0.39, 0.29) is 12.6 Å². The fourth-order valence-electron chi connectivity index (χ4n) is 2.91. The number of carbonyl (C=O) groups excluding carboxylic acids is 1. The number of anilines is 2. The summed E-state index contributed by atoms with van der Waals surface area (Å²) in [6.45, 7) is 2.39. The Hall–Kier alpha value is -2.67. The molecule has 0 amide bonds. The molecule has 3 rings (SSSR count). The summed E-state index contributed by atoms with van der Waals surface area (Å²) < 4.78 is 4.78. The van der Waals surface area contributed by atoms with E-state index in [0.717, 1.165) is 31.1 Å². The summed E-state index contributed by atoms with van der Waals surface area (Å²) in [5.41, 5.74) is 2.95. The van der Waals surface area contributed by atoms with Gasteiger partial charge in [0.1, 0.15) is 18.0 Å². The molecule has 1 aromatic carbocycles. The van der Waals surface area contributed by atoms with Crippen molar-refractivity contribution in [1.29, 1.82) is 0 Å². The summed E-state index contributed by atoms with van der Waals surface area (Å²) in [6, 6.07) is 7.62. The molecular formula is C18H22N4O3. The first kappa shape index (κ1) is 17.2. The number of nitrogens with one attached hydrogen (secondary N) is 1. The number of methoxy groups -OCH3 is 1. The van der Waals surface area contributed by atoms with Crippen LogP contribution < -0.4 is 10.2 Å². The van der Waals surface area contributed by atoms with E-state index in [1.807, 2.05) is 18.2 Å². The lowest BCUT2D eigenvalue weighted by molar-refractivity contribution is 0.0600. The van der Waals surface area contributed by atoms with Crippen LogP contribution in [0, 0.1) is 0 Å². The highest BCUT2D eigenvalue weighted by Crippen LogP contribution is 2.25. The van der Waals surface area contributed by atoms with Gasteiger partial charge in [-0.25, -0.2) is 14.8 Å². The Balaban J connectivity index is 1.72. The first-order valence-electron chi connectivity index (χ1n) is 8.33. The maximum Gasteiger partial charge on any atom is 0.337 e. The first-order valence-corrected chi connectivity index (χ1v) is 8.33. The smallest absolute Gasteiger partial charge is 0.337 e. The van der Waals surface area contributed by atoms with Gasteiger partial charge >= 0.3 is 5.97 Å². The first-order chi connectivity index (χ1) is 12.2. The number of aliphatic hydroxyl groups is 1. The third-order valence-corrected chi connectivity index (χ3v) is 4.26. The van der Waals surface area contributed by atoms with Crippen molar-refractivity contribution in [2.75, 3.05) is 37.0 Å². The summed E-state index contributed by atoms with van der Waals surface area (Å²) >= 11 is 0. The number of esters is 1. The molecule has 0 bridgehead atoms. The number of aromatic nitrogens is 2. The van der Waals surface area contributed by atoms with Crippen LogP contribution in [0.4, 0.5) is 11.6 Å². The standard InChI is InChI=1S/C18H22N4O3/c1-25-18(24)14-3-4-15-11-22(7-5-13(15)9-14)17-10-16(20-12-21-17)19-6-2-8-23/h3-4,9-10,12,23H,2,5-8,11H2,1H3,(H,19,20,21). The van der Waals surface area contributed by atoms with E-state index in [2.05, 4.69) is 20.2 Å². The van der Waals surface area contributed by atoms with Crippen LogP contribution in [0.1, 0.15) is 27.9 Å². The summed E-state index contributed by atoms with van der Waals surface area (Å²) in [5.74, 6) is 1.31. The molecule has 0 radical (unpaired) electrons. The lowest BCUT2D eigenvalue weighted by Crippen LogP contribution is -2.31. The molecule has 0 atom stereocenters. The molecule has 132 valence electrons. The number of benzene rings is 1. The second-order valence-corrected chi connectivity index (χ2v) is 5.91. The van der Waals surface area contributed by atoms with Crippen LogP contribution >= 0.6 is 0 Å². The van der Waals surface area contributed by atoms with Gasteiger partial charge in [-0.3, -0.25) is 0 Å². The number of nitrogens with zero attached hydrogens (tertiary/aromatic N) is 3. The van der Waals surface area contributed by atoms with E-state index in [4.69, 9.17) is 9.84 Å². The monoisotopic (exact) mass is 342 g/mol. The molecule has 25 heavy (non-hydrogen) atoms. The minimum atomic E-state index is -0.306. The molecule has 0 aliphatic carbocycles. The molecule has 0 unspecified atom stereocenters. The zero-order valence-electron chi connectivity index (χ0n) is 14.2. The lowest BCUT2D eigenvalue weighted by Gasteiger charge is -2.30. The third kappa shape index (κ3) is 4.06. The van der Waals surface area contributed by atoms with Crippen LogP contribution in [0.15, 0.2) is 30.6 Å². The van der Waals surface area contributed by atoms with Crippen molar-refractivity contribution in [2.24, 2.45) is 0 Å². The Bertz CT molecular complexity index is 751. The van der Waals surface area contributed by atoms with Crippen LogP contribution in [-0.2, 0) is 17.7 Å². The summed E-state index contributed by atoms with van der Waals surface area (Å²) in [5, 5.41) is 12.0. The van der Waals surface area contributed by atoms with Crippen molar-refractivity contribution in [3.8, 4) is 0 Å². The number of hydrogen-bond donors (Lipinski definition) is 2. The molecule has 0 spiro atoms. The van der Waals surface area contributed by atoms with Crippen LogP contribution in [0.3, 0.4) is 0 Å². The zero-order chi connectivity index (χ0) is 17.6. The number of fused-ring (bicyclic) bond motifs is 1. The molecule has 1 aliphatic rings. The predicted octanol–water partition coefficient (Wildman–Crippen LogP) is 1.62. The Kier molecular flexibility index (Phi) is 5.45. The van der Waals surface area contributed by atoms with E-state index in [0.29, 0.717) is 18.5 Å². The molecule has 0 fully saturated rings. The molecule has 7 heteroatoms. The molecule has 1 aliphatic heterocycles. The highest BCUT2D eigenvalue weighted by atomic mass is 16.5. The van der Waals surface area contributed by atoms with Crippen molar-refractivity contribution < 1.29 is 14.6 Å². The molecule has 1 aromatic heterocycles. The average molecular weight is 342 g/mol. The Labute approximate surface area is 146 Å². The van der Waals surface area contributed by atoms with Gasteiger partial charge in [0.15, 0.2) is 0 Å². The number of ether oxygens (including phenoxy) is 1. The van der Waals surface area contributed by atoms with E-state index in [1.165, 1.54) is 18.2 Å². The molecule has 0 saturated heterocycles. The van der Waals surface area contributed by atoms with E-state index in [1.54, 1.807) is 12.4 Å². The Morgan fingerprint density at radius 3 is 3.00 bits per heavy atom. The number of aliphatic hydroxyl groups excluding tert-OH is 1. The van der Waals surface area contributed by atoms with Gasteiger partial charge in [-0.05, 0) is 36.1 Å². The molecule has 2 heterocycles. The van der Waals surface area contributed by atoms with Gasteiger partial charge in [-0.2, -0.15) is 0 Å². The SMILES string of the molecule is COC(=O)c1ccc2c(c1)CCN(c1cc(NCCCO)ncn1)C2. The molecule has 0 saturated carbocycles. The number of rotatable bonds is 6. The van der Waals surface area contributed by atoms with Crippen molar-refractivity contribution >= 4 is 17.6 Å². The third-order valence-electron chi connectivity index (χ3n) is 4.26. The summed E-state index contributed by atoms with van der Waals surface area (Å²) in [7, 11) is 1.39. The second-order valence-electron chi connectivity index (χ2n) is 5.91. The molecule has 2 aromatic rings. The quantitative estimate of drug-likeness (QED) is 0.609. The molecular weight excluding hydrogens is 320 g/mol. The minimum Gasteiger partial charge on any atom is -0.465 e. The van der Waals surface area contributed by atoms with Crippen molar-refractivity contribution in [3.63, 3.8) is 0 Å². The largest absolute Gasteiger partial charge is 0.465 e. The van der Waals surface area contributed by atoms with E-state index < -0.39 is 0 Å². The fourth-order valence-corrected chi connectivity index (χ4v) is 2.91. The van der Waals surface area contributed by atoms with Crippen LogP contribution in [0.25, 0.3) is 0 Å². The van der Waals surface area contributed by atoms with Gasteiger partial charge in [-0.15, -0.1) is 0 Å². The van der Waals surface area contributed by atoms with Gasteiger partial charge < -0.3 is 20.1 Å². The number of carbonyl (C=O) groups is 1. The molecule has 7 nitrogen and oxygen atoms in total. The predicted molar refractivity (Wildman–Crippen MR) is 94.8 cm³/mol. The van der Waals surface area contributed by atoms with Crippen LogP contribution in [-0.4, -0.2) is 47.8 Å². The maximum atomic E-state index is 11.7. The Morgan fingerprint density at radius 1 is 1.32 bits per heavy atom. The molecule has 2 N–H and O–H groups in total. The topological polar surface area (TPSA) is 87.6 Å². The Morgan fingerprint density at radius 2 is 2.20 bits per heavy atom. The fraction of sp³-hybridized carbons (Fsp3) is 0.389. The van der Waals surface area contributed by atoms with Gasteiger partial charge in [0.2, 0.25) is 0 Å². The summed E-state index contributed by atoms with van der Waals surface area (Å²) in [6.07, 6.45) is 3.07. The van der Waals surface area contributed by atoms with Crippen molar-refractivity contribution in [3.05, 3.63) is 47.3 Å². The number of hydrogen-bond acceptors (Lipinski definition) is 7. The average Bonchev–Trinajstić information content (AvgIpc) is 2.67. The van der Waals surface area contributed by atoms with Crippen LogP contribution in [0.5, 0.6) is 0 Å². The van der Waals surface area contributed by atoms with E-state index in [9.17, 15) is 4.79 Å². The normalized spacial score (nSPS) is 13.3. The van der Waals surface area contributed by atoms with Crippen molar-refractivity contribution in [2.45, 2.75) is 19.4 Å². The van der Waals surface area contributed by atoms with Crippen molar-refractivity contribution in [1.82, 2.24) is 9.97 Å². The van der Waals surface area contributed by atoms with Crippen LogP contribution in [0.2, 0.25) is 0 Å². The van der Waals surface area contributed by atoms with Gasteiger partial charge in [-0.1, -0.05) is 6.07 Å². The maximum absolute atomic E-state index is 11.7. The zero-order valence-corrected chi connectivity index (χ0v) is 14.2. The highest BCUT2D eigenvalue weighted by molar-refractivity contribution is 5.89.